The number of para-hydroxylation sites is 1. The third kappa shape index (κ3) is 1.11. The van der Waals surface area contributed by atoms with Gasteiger partial charge < -0.3 is 5.32 Å². The number of rotatable bonds is 1. The Morgan fingerprint density at radius 3 is 3.18 bits per heavy atom. The molecule has 0 fully saturated rings. The van der Waals surface area contributed by atoms with Gasteiger partial charge in [-0.05, 0) is 17.5 Å². The lowest BCUT2D eigenvalue weighted by Gasteiger charge is -2.04. The highest BCUT2D eigenvalue weighted by Gasteiger charge is 2.11. The summed E-state index contributed by atoms with van der Waals surface area (Å²) in [5, 5.41) is 3.37. The Hall–Kier alpha value is -0.630. The van der Waals surface area contributed by atoms with Gasteiger partial charge in [-0.15, -0.1) is 0 Å². The van der Waals surface area contributed by atoms with Crippen LogP contribution in [-0.2, 0) is 12.2 Å². The predicted octanol–water partition coefficient (Wildman–Crippen LogP) is 2.08. The second-order valence-electron chi connectivity index (χ2n) is 2.79. The SMILES string of the molecule is SCc1cccc2c1NCC2. The van der Waals surface area contributed by atoms with Gasteiger partial charge in [-0.25, -0.2) is 0 Å². The lowest BCUT2D eigenvalue weighted by molar-refractivity contribution is 1.11. The average Bonchev–Trinajstić information content (AvgIpc) is 2.50. The van der Waals surface area contributed by atoms with E-state index in [0.29, 0.717) is 0 Å². The molecule has 1 aromatic rings. The van der Waals surface area contributed by atoms with Crippen molar-refractivity contribution in [2.75, 3.05) is 11.9 Å². The minimum absolute atomic E-state index is 0.830. The molecule has 0 saturated heterocycles. The van der Waals surface area contributed by atoms with Crippen molar-refractivity contribution in [3.05, 3.63) is 29.3 Å². The lowest BCUT2D eigenvalue weighted by atomic mass is 10.1. The van der Waals surface area contributed by atoms with Gasteiger partial charge in [0.15, 0.2) is 0 Å². The van der Waals surface area contributed by atoms with Crippen molar-refractivity contribution >= 4 is 18.3 Å². The fraction of sp³-hybridized carbons (Fsp3) is 0.333. The molecule has 1 aliphatic heterocycles. The summed E-state index contributed by atoms with van der Waals surface area (Å²) in [7, 11) is 0. The standard InChI is InChI=1S/C9H11NS/c11-6-8-3-1-2-7-4-5-10-9(7)8/h1-3,10-11H,4-6H2. The molecule has 1 heterocycles. The van der Waals surface area contributed by atoms with E-state index in [-0.39, 0.29) is 0 Å². The van der Waals surface area contributed by atoms with E-state index >= 15 is 0 Å². The van der Waals surface area contributed by atoms with Gasteiger partial charge in [0.25, 0.3) is 0 Å². The zero-order chi connectivity index (χ0) is 7.68. The van der Waals surface area contributed by atoms with E-state index in [9.17, 15) is 0 Å². The Labute approximate surface area is 72.2 Å². The second kappa shape index (κ2) is 2.78. The van der Waals surface area contributed by atoms with Crippen LogP contribution in [0.4, 0.5) is 5.69 Å². The summed E-state index contributed by atoms with van der Waals surface area (Å²) in [5.74, 6) is 0.830. The molecule has 1 aliphatic rings. The number of hydrogen-bond donors (Lipinski definition) is 2. The van der Waals surface area contributed by atoms with Crippen LogP contribution in [0, 0.1) is 0 Å². The molecule has 11 heavy (non-hydrogen) atoms. The molecule has 1 nitrogen and oxygen atoms in total. The van der Waals surface area contributed by atoms with Gasteiger partial charge in [-0.2, -0.15) is 12.6 Å². The van der Waals surface area contributed by atoms with Crippen LogP contribution in [0.15, 0.2) is 18.2 Å². The van der Waals surface area contributed by atoms with Crippen molar-refractivity contribution in [3.63, 3.8) is 0 Å². The van der Waals surface area contributed by atoms with Crippen LogP contribution in [0.1, 0.15) is 11.1 Å². The normalized spacial score (nSPS) is 14.3. The van der Waals surface area contributed by atoms with Crippen LogP contribution in [0.3, 0.4) is 0 Å². The first-order chi connectivity index (χ1) is 5.42. The summed E-state index contributed by atoms with van der Waals surface area (Å²) >= 11 is 4.27. The van der Waals surface area contributed by atoms with Crippen molar-refractivity contribution in [2.24, 2.45) is 0 Å². The molecule has 0 amide bonds. The quantitative estimate of drug-likeness (QED) is 0.607. The first-order valence-electron chi connectivity index (χ1n) is 3.87. The van der Waals surface area contributed by atoms with Gasteiger partial charge in [0.1, 0.15) is 0 Å². The second-order valence-corrected chi connectivity index (χ2v) is 3.10. The Kier molecular flexibility index (Phi) is 1.78. The van der Waals surface area contributed by atoms with Gasteiger partial charge in [-0.3, -0.25) is 0 Å². The third-order valence-electron chi connectivity index (χ3n) is 2.10. The zero-order valence-corrected chi connectivity index (χ0v) is 7.20. The van der Waals surface area contributed by atoms with E-state index < -0.39 is 0 Å². The molecular weight excluding hydrogens is 154 g/mol. The van der Waals surface area contributed by atoms with Crippen LogP contribution < -0.4 is 5.32 Å². The van der Waals surface area contributed by atoms with Crippen molar-refractivity contribution in [1.29, 1.82) is 0 Å². The third-order valence-corrected chi connectivity index (χ3v) is 2.44. The van der Waals surface area contributed by atoms with Gasteiger partial charge in [-0.1, -0.05) is 18.2 Å². The van der Waals surface area contributed by atoms with Crippen LogP contribution in [0.25, 0.3) is 0 Å². The Bertz CT molecular complexity index is 270. The maximum absolute atomic E-state index is 4.27. The molecular formula is C9H11NS. The molecule has 0 aromatic heterocycles. The largest absolute Gasteiger partial charge is 0.384 e. The summed E-state index contributed by atoms with van der Waals surface area (Å²) in [6, 6.07) is 6.42. The van der Waals surface area contributed by atoms with E-state index in [2.05, 4.69) is 36.1 Å². The van der Waals surface area contributed by atoms with E-state index in [1.165, 1.54) is 16.8 Å². The van der Waals surface area contributed by atoms with Crippen LogP contribution in [0.5, 0.6) is 0 Å². The van der Waals surface area contributed by atoms with Crippen molar-refractivity contribution < 1.29 is 0 Å². The number of benzene rings is 1. The number of hydrogen-bond acceptors (Lipinski definition) is 2. The maximum Gasteiger partial charge on any atom is 0.0414 e. The van der Waals surface area contributed by atoms with Crippen LogP contribution in [0.2, 0.25) is 0 Å². The monoisotopic (exact) mass is 165 g/mol. The maximum atomic E-state index is 4.27. The first-order valence-corrected chi connectivity index (χ1v) is 4.50. The van der Waals surface area contributed by atoms with E-state index in [4.69, 9.17) is 0 Å². The summed E-state index contributed by atoms with van der Waals surface area (Å²) in [5.41, 5.74) is 4.09. The Balaban J connectivity index is 2.50. The van der Waals surface area contributed by atoms with Crippen molar-refractivity contribution in [1.82, 2.24) is 0 Å². The van der Waals surface area contributed by atoms with Crippen molar-refractivity contribution in [3.8, 4) is 0 Å². The van der Waals surface area contributed by atoms with Gasteiger partial charge >= 0.3 is 0 Å². The van der Waals surface area contributed by atoms with Crippen LogP contribution >= 0.6 is 12.6 Å². The number of nitrogens with one attached hydrogen (secondary N) is 1. The van der Waals surface area contributed by atoms with E-state index in [1.807, 2.05) is 0 Å². The zero-order valence-electron chi connectivity index (χ0n) is 6.30. The van der Waals surface area contributed by atoms with Gasteiger partial charge in [0, 0.05) is 18.0 Å². The van der Waals surface area contributed by atoms with E-state index in [0.717, 1.165) is 18.7 Å². The molecule has 0 unspecified atom stereocenters. The molecule has 2 heteroatoms. The van der Waals surface area contributed by atoms with Gasteiger partial charge in [0.2, 0.25) is 0 Å². The number of thiol groups is 1. The molecule has 1 aromatic carbocycles. The summed E-state index contributed by atoms with van der Waals surface area (Å²) in [6.45, 7) is 1.08. The molecule has 0 spiro atoms. The van der Waals surface area contributed by atoms with Crippen molar-refractivity contribution in [2.45, 2.75) is 12.2 Å². The molecule has 0 radical (unpaired) electrons. The average molecular weight is 165 g/mol. The summed E-state index contributed by atoms with van der Waals surface area (Å²) < 4.78 is 0. The molecule has 58 valence electrons. The molecule has 0 bridgehead atoms. The minimum Gasteiger partial charge on any atom is -0.384 e. The highest BCUT2D eigenvalue weighted by molar-refractivity contribution is 7.79. The fourth-order valence-electron chi connectivity index (χ4n) is 1.54. The topological polar surface area (TPSA) is 12.0 Å². The molecule has 1 N–H and O–H groups in total. The Morgan fingerprint density at radius 1 is 1.45 bits per heavy atom. The lowest BCUT2D eigenvalue weighted by Crippen LogP contribution is -1.93. The predicted molar refractivity (Wildman–Crippen MR) is 51.3 cm³/mol. The molecule has 0 saturated carbocycles. The smallest absolute Gasteiger partial charge is 0.0414 e. The highest BCUT2D eigenvalue weighted by atomic mass is 32.1. The summed E-state index contributed by atoms with van der Waals surface area (Å²) in [4.78, 5) is 0. The molecule has 2 rings (SSSR count). The molecule has 0 aliphatic carbocycles. The summed E-state index contributed by atoms with van der Waals surface area (Å²) in [6.07, 6.45) is 1.16. The molecule has 0 atom stereocenters. The Morgan fingerprint density at radius 2 is 2.36 bits per heavy atom. The van der Waals surface area contributed by atoms with Crippen LogP contribution in [-0.4, -0.2) is 6.54 Å². The first kappa shape index (κ1) is 7.04. The number of fused-ring (bicyclic) bond motifs is 1. The fourth-order valence-corrected chi connectivity index (χ4v) is 1.81. The highest BCUT2D eigenvalue weighted by Crippen LogP contribution is 2.26. The van der Waals surface area contributed by atoms with E-state index in [1.54, 1.807) is 0 Å². The van der Waals surface area contributed by atoms with Gasteiger partial charge in [0.05, 0.1) is 0 Å². The number of anilines is 1. The minimum atomic E-state index is 0.830.